The maximum absolute atomic E-state index is 12.2. The molecule has 0 atom stereocenters. The maximum atomic E-state index is 12.2. The van der Waals surface area contributed by atoms with Crippen molar-refractivity contribution in [3.05, 3.63) is 75.6 Å². The Bertz CT molecular complexity index is 753. The summed E-state index contributed by atoms with van der Waals surface area (Å²) in [5, 5.41) is 12.6. The standard InChI is InChI=1S/C18H15BrN2OS/c1-14(22)21(11-16-9-5-6-10-17(16)19)18(12-23-13-20)15-7-3-2-4-8-15/h2-10,12H,11H2,1H3/b18-12+. The van der Waals surface area contributed by atoms with Gasteiger partial charge in [-0.15, -0.1) is 0 Å². The molecule has 0 aliphatic rings. The average molecular weight is 387 g/mol. The quantitative estimate of drug-likeness (QED) is 0.678. The molecule has 0 aromatic heterocycles. The zero-order valence-electron chi connectivity index (χ0n) is 12.6. The van der Waals surface area contributed by atoms with Crippen molar-refractivity contribution in [3.8, 4) is 5.40 Å². The number of thiocyanates is 1. The van der Waals surface area contributed by atoms with E-state index in [0.29, 0.717) is 6.54 Å². The van der Waals surface area contributed by atoms with Gasteiger partial charge in [0, 0.05) is 16.8 Å². The number of carbonyl (C=O) groups is 1. The molecule has 0 spiro atoms. The van der Waals surface area contributed by atoms with E-state index in [1.165, 1.54) is 6.92 Å². The van der Waals surface area contributed by atoms with Crippen LogP contribution < -0.4 is 0 Å². The third-order valence-corrected chi connectivity index (χ3v) is 4.47. The number of nitrogens with zero attached hydrogens (tertiary/aromatic N) is 2. The first-order chi connectivity index (χ1) is 11.1. The Kier molecular flexibility index (Phi) is 6.45. The van der Waals surface area contributed by atoms with Gasteiger partial charge in [-0.25, -0.2) is 0 Å². The highest BCUT2D eigenvalue weighted by atomic mass is 79.9. The molecule has 2 aromatic carbocycles. The van der Waals surface area contributed by atoms with Crippen LogP contribution in [0.5, 0.6) is 0 Å². The van der Waals surface area contributed by atoms with Gasteiger partial charge in [0.25, 0.3) is 0 Å². The molecule has 0 aliphatic carbocycles. The lowest BCUT2D eigenvalue weighted by atomic mass is 10.1. The molecule has 0 saturated heterocycles. The highest BCUT2D eigenvalue weighted by Crippen LogP contribution is 2.27. The zero-order chi connectivity index (χ0) is 16.7. The normalized spacial score (nSPS) is 10.9. The number of rotatable bonds is 5. The predicted molar refractivity (Wildman–Crippen MR) is 98.0 cm³/mol. The SMILES string of the molecule is CC(=O)N(Cc1ccccc1Br)/C(=C/SC#N)c1ccccc1. The lowest BCUT2D eigenvalue weighted by Gasteiger charge is -2.25. The minimum absolute atomic E-state index is 0.0746. The Morgan fingerprint density at radius 1 is 1.22 bits per heavy atom. The Labute approximate surface area is 148 Å². The summed E-state index contributed by atoms with van der Waals surface area (Å²) in [6.07, 6.45) is 0. The van der Waals surface area contributed by atoms with Gasteiger partial charge in [-0.1, -0.05) is 64.5 Å². The van der Waals surface area contributed by atoms with Gasteiger partial charge in [-0.05, 0) is 29.0 Å². The third-order valence-electron chi connectivity index (χ3n) is 3.25. The van der Waals surface area contributed by atoms with Gasteiger partial charge in [0.2, 0.25) is 5.91 Å². The lowest BCUT2D eigenvalue weighted by Crippen LogP contribution is -2.26. The van der Waals surface area contributed by atoms with Crippen LogP contribution in [0.4, 0.5) is 0 Å². The van der Waals surface area contributed by atoms with E-state index in [1.54, 1.807) is 10.3 Å². The molecule has 2 aromatic rings. The number of hydrogen-bond donors (Lipinski definition) is 0. The van der Waals surface area contributed by atoms with E-state index < -0.39 is 0 Å². The molecule has 0 radical (unpaired) electrons. The molecule has 0 fully saturated rings. The molecule has 23 heavy (non-hydrogen) atoms. The molecule has 3 nitrogen and oxygen atoms in total. The van der Waals surface area contributed by atoms with Crippen molar-refractivity contribution in [1.29, 1.82) is 5.26 Å². The van der Waals surface area contributed by atoms with Crippen LogP contribution in [0.1, 0.15) is 18.1 Å². The molecule has 2 rings (SSSR count). The van der Waals surface area contributed by atoms with Crippen molar-refractivity contribution in [3.63, 3.8) is 0 Å². The molecule has 0 heterocycles. The van der Waals surface area contributed by atoms with Crippen LogP contribution in [0.15, 0.2) is 64.5 Å². The smallest absolute Gasteiger partial charge is 0.224 e. The fraction of sp³-hybridized carbons (Fsp3) is 0.111. The summed E-state index contributed by atoms with van der Waals surface area (Å²) >= 11 is 4.53. The summed E-state index contributed by atoms with van der Waals surface area (Å²) in [4.78, 5) is 13.9. The maximum Gasteiger partial charge on any atom is 0.224 e. The highest BCUT2D eigenvalue weighted by molar-refractivity contribution is 9.10. The Morgan fingerprint density at radius 3 is 2.48 bits per heavy atom. The van der Waals surface area contributed by atoms with Gasteiger partial charge >= 0.3 is 0 Å². The molecular weight excluding hydrogens is 372 g/mol. The number of nitriles is 1. The van der Waals surface area contributed by atoms with Crippen molar-refractivity contribution < 1.29 is 4.79 Å². The summed E-state index contributed by atoms with van der Waals surface area (Å²) in [5.41, 5.74) is 2.63. The van der Waals surface area contributed by atoms with Gasteiger partial charge in [-0.3, -0.25) is 4.79 Å². The van der Waals surface area contributed by atoms with Gasteiger partial charge < -0.3 is 4.90 Å². The van der Waals surface area contributed by atoms with Crippen LogP contribution in [0.2, 0.25) is 0 Å². The van der Waals surface area contributed by atoms with Crippen LogP contribution in [-0.4, -0.2) is 10.8 Å². The summed E-state index contributed by atoms with van der Waals surface area (Å²) in [6, 6.07) is 17.4. The van der Waals surface area contributed by atoms with Gasteiger partial charge in [0.15, 0.2) is 0 Å². The monoisotopic (exact) mass is 386 g/mol. The van der Waals surface area contributed by atoms with E-state index in [9.17, 15) is 4.79 Å². The first-order valence-electron chi connectivity index (χ1n) is 6.95. The van der Waals surface area contributed by atoms with Crippen molar-refractivity contribution in [1.82, 2.24) is 4.90 Å². The summed E-state index contributed by atoms with van der Waals surface area (Å²) in [7, 11) is 0. The molecule has 0 bridgehead atoms. The van der Waals surface area contributed by atoms with Crippen LogP contribution >= 0.6 is 27.7 Å². The number of thioether (sulfide) groups is 1. The van der Waals surface area contributed by atoms with Crippen LogP contribution in [0.3, 0.4) is 0 Å². The number of carbonyl (C=O) groups excluding carboxylic acids is 1. The van der Waals surface area contributed by atoms with Gasteiger partial charge in [0.1, 0.15) is 5.40 Å². The van der Waals surface area contributed by atoms with Gasteiger partial charge in [0.05, 0.1) is 12.2 Å². The molecule has 0 N–H and O–H groups in total. The van der Waals surface area contributed by atoms with Crippen molar-refractivity contribution in [2.45, 2.75) is 13.5 Å². The molecule has 0 unspecified atom stereocenters. The van der Waals surface area contributed by atoms with Crippen LogP contribution in [0.25, 0.3) is 5.70 Å². The van der Waals surface area contributed by atoms with E-state index in [1.807, 2.05) is 60.0 Å². The first kappa shape index (κ1) is 17.3. The van der Waals surface area contributed by atoms with Crippen molar-refractivity contribution >= 4 is 39.3 Å². The second-order valence-corrected chi connectivity index (χ2v) is 6.28. The van der Waals surface area contributed by atoms with Gasteiger partial charge in [-0.2, -0.15) is 5.26 Å². The van der Waals surface area contributed by atoms with E-state index in [4.69, 9.17) is 5.26 Å². The highest BCUT2D eigenvalue weighted by Gasteiger charge is 2.17. The minimum Gasteiger partial charge on any atom is -0.307 e. The fourth-order valence-electron chi connectivity index (χ4n) is 2.14. The van der Waals surface area contributed by atoms with E-state index in [0.717, 1.165) is 33.1 Å². The largest absolute Gasteiger partial charge is 0.307 e. The van der Waals surface area contributed by atoms with Crippen LogP contribution in [-0.2, 0) is 11.3 Å². The molecule has 0 saturated carbocycles. The molecule has 0 aliphatic heterocycles. The summed E-state index contributed by atoms with van der Waals surface area (Å²) in [6.45, 7) is 1.97. The number of hydrogen-bond acceptors (Lipinski definition) is 3. The fourth-order valence-corrected chi connectivity index (χ4v) is 2.98. The minimum atomic E-state index is -0.0746. The third kappa shape index (κ3) is 4.72. The predicted octanol–water partition coefficient (Wildman–Crippen LogP) is 5.01. The second-order valence-electron chi connectivity index (χ2n) is 4.77. The van der Waals surface area contributed by atoms with Crippen molar-refractivity contribution in [2.24, 2.45) is 0 Å². The van der Waals surface area contributed by atoms with Crippen LogP contribution in [0, 0.1) is 10.7 Å². The summed E-state index contributed by atoms with van der Waals surface area (Å²) < 4.78 is 0.951. The lowest BCUT2D eigenvalue weighted by molar-refractivity contribution is -0.126. The Morgan fingerprint density at radius 2 is 1.87 bits per heavy atom. The molecule has 116 valence electrons. The molecule has 1 amide bonds. The zero-order valence-corrected chi connectivity index (χ0v) is 15.0. The average Bonchev–Trinajstić information content (AvgIpc) is 2.56. The second kappa shape index (κ2) is 8.56. The first-order valence-corrected chi connectivity index (χ1v) is 8.62. The van der Waals surface area contributed by atoms with Crippen molar-refractivity contribution in [2.75, 3.05) is 0 Å². The molecule has 5 heteroatoms. The van der Waals surface area contributed by atoms with E-state index in [-0.39, 0.29) is 5.91 Å². The Hall–Kier alpha value is -2.03. The topological polar surface area (TPSA) is 44.1 Å². The van der Waals surface area contributed by atoms with E-state index in [2.05, 4.69) is 15.9 Å². The van der Waals surface area contributed by atoms with E-state index >= 15 is 0 Å². The molecular formula is C18H15BrN2OS. The number of benzene rings is 2. The number of amides is 1. The summed E-state index contributed by atoms with van der Waals surface area (Å²) in [5.74, 6) is -0.0746. The number of halogens is 1. The Balaban J connectivity index is 2.42.